The Bertz CT molecular complexity index is 598. The van der Waals surface area contributed by atoms with Crippen molar-refractivity contribution in [3.05, 3.63) is 70.8 Å². The fraction of sp³-hybridized carbons (Fsp3) is 0.316. The molecule has 0 spiro atoms. The summed E-state index contributed by atoms with van der Waals surface area (Å²) in [5, 5.41) is 0. The molecule has 1 heteroatoms. The maximum absolute atomic E-state index is 12.3. The second-order valence-corrected chi connectivity index (χ2v) is 5.60. The van der Waals surface area contributed by atoms with Gasteiger partial charge in [-0.05, 0) is 54.9 Å². The van der Waals surface area contributed by atoms with Crippen LogP contribution in [0.15, 0.2) is 48.5 Å². The lowest BCUT2D eigenvalue weighted by molar-refractivity contribution is 0.0982. The van der Waals surface area contributed by atoms with Crippen LogP contribution in [0.1, 0.15) is 46.3 Å². The highest BCUT2D eigenvalue weighted by Crippen LogP contribution is 2.23. The number of ketones is 1. The highest BCUT2D eigenvalue weighted by molar-refractivity contribution is 5.96. The number of benzene rings is 2. The van der Waals surface area contributed by atoms with E-state index < -0.39 is 0 Å². The van der Waals surface area contributed by atoms with E-state index in [0.717, 1.165) is 18.4 Å². The molecule has 0 fully saturated rings. The minimum atomic E-state index is 0.266. The topological polar surface area (TPSA) is 17.1 Å². The maximum Gasteiger partial charge on any atom is 0.163 e. The number of rotatable bonds is 4. The van der Waals surface area contributed by atoms with Crippen LogP contribution in [-0.2, 0) is 19.3 Å². The summed E-state index contributed by atoms with van der Waals surface area (Å²) < 4.78 is 0. The Kier molecular flexibility index (Phi) is 3.96. The molecule has 0 amide bonds. The molecule has 1 nitrogen and oxygen atoms in total. The van der Waals surface area contributed by atoms with E-state index in [1.807, 2.05) is 24.3 Å². The molecule has 0 heterocycles. The summed E-state index contributed by atoms with van der Waals surface area (Å²) in [5.41, 5.74) is 4.96. The fourth-order valence-electron chi connectivity index (χ4n) is 2.95. The Morgan fingerprint density at radius 3 is 2.45 bits per heavy atom. The third-order valence-corrected chi connectivity index (χ3v) is 4.15. The number of Topliss-reactive ketones (excluding diaryl/α,β-unsaturated/α-hetero) is 1. The first-order chi connectivity index (χ1) is 9.83. The SMILES string of the molecule is O=C(CCc1ccccc1)c1ccc2c(c1)CCCC2. The van der Waals surface area contributed by atoms with Crippen molar-refractivity contribution in [3.8, 4) is 0 Å². The van der Waals surface area contributed by atoms with Crippen molar-refractivity contribution < 1.29 is 4.79 Å². The molecule has 0 aliphatic heterocycles. The Balaban J connectivity index is 1.68. The molecule has 0 bridgehead atoms. The van der Waals surface area contributed by atoms with Crippen LogP contribution >= 0.6 is 0 Å². The molecule has 0 unspecified atom stereocenters. The molecule has 0 atom stereocenters. The van der Waals surface area contributed by atoms with Crippen LogP contribution in [0.4, 0.5) is 0 Å². The smallest absolute Gasteiger partial charge is 0.163 e. The standard InChI is InChI=1S/C19H20O/c20-19(13-10-15-6-2-1-3-7-15)18-12-11-16-8-4-5-9-17(16)14-18/h1-3,6-7,11-12,14H,4-5,8-10,13H2. The summed E-state index contributed by atoms with van der Waals surface area (Å²) in [6.45, 7) is 0. The van der Waals surface area contributed by atoms with Gasteiger partial charge in [0.25, 0.3) is 0 Å². The largest absolute Gasteiger partial charge is 0.294 e. The summed E-state index contributed by atoms with van der Waals surface area (Å²) in [6, 6.07) is 16.5. The first-order valence-corrected chi connectivity index (χ1v) is 7.52. The van der Waals surface area contributed by atoms with Crippen molar-refractivity contribution in [2.45, 2.75) is 38.5 Å². The van der Waals surface area contributed by atoms with Gasteiger partial charge >= 0.3 is 0 Å². The van der Waals surface area contributed by atoms with Gasteiger partial charge < -0.3 is 0 Å². The molecule has 2 aromatic rings. The molecule has 2 aromatic carbocycles. The van der Waals surface area contributed by atoms with Crippen LogP contribution in [-0.4, -0.2) is 5.78 Å². The van der Waals surface area contributed by atoms with Crippen LogP contribution < -0.4 is 0 Å². The maximum atomic E-state index is 12.3. The predicted molar refractivity (Wildman–Crippen MR) is 82.2 cm³/mol. The number of aryl methyl sites for hydroxylation is 3. The molecule has 0 radical (unpaired) electrons. The summed E-state index contributed by atoms with van der Waals surface area (Å²) in [7, 11) is 0. The first kappa shape index (κ1) is 13.1. The number of fused-ring (bicyclic) bond motifs is 1. The molecule has 1 aliphatic carbocycles. The van der Waals surface area contributed by atoms with E-state index >= 15 is 0 Å². The summed E-state index contributed by atoms with van der Waals surface area (Å²) in [5.74, 6) is 0.266. The zero-order valence-corrected chi connectivity index (χ0v) is 11.8. The molecule has 0 saturated heterocycles. The number of hydrogen-bond acceptors (Lipinski definition) is 1. The minimum absolute atomic E-state index is 0.266. The van der Waals surface area contributed by atoms with Gasteiger partial charge in [0.05, 0.1) is 0 Å². The monoisotopic (exact) mass is 264 g/mol. The van der Waals surface area contributed by atoms with Crippen molar-refractivity contribution >= 4 is 5.78 Å². The Morgan fingerprint density at radius 2 is 1.65 bits per heavy atom. The molecule has 0 saturated carbocycles. The summed E-state index contributed by atoms with van der Waals surface area (Å²) in [4.78, 5) is 12.3. The minimum Gasteiger partial charge on any atom is -0.294 e. The molecule has 102 valence electrons. The second-order valence-electron chi connectivity index (χ2n) is 5.60. The zero-order chi connectivity index (χ0) is 13.8. The van der Waals surface area contributed by atoms with Gasteiger partial charge in [-0.15, -0.1) is 0 Å². The van der Waals surface area contributed by atoms with E-state index in [1.165, 1.54) is 36.0 Å². The van der Waals surface area contributed by atoms with Gasteiger partial charge in [-0.1, -0.05) is 42.5 Å². The van der Waals surface area contributed by atoms with E-state index in [-0.39, 0.29) is 5.78 Å². The average molecular weight is 264 g/mol. The van der Waals surface area contributed by atoms with Crippen molar-refractivity contribution in [3.63, 3.8) is 0 Å². The van der Waals surface area contributed by atoms with E-state index in [2.05, 4.69) is 24.3 Å². The number of hydrogen-bond donors (Lipinski definition) is 0. The van der Waals surface area contributed by atoms with Crippen LogP contribution in [0.3, 0.4) is 0 Å². The predicted octanol–water partition coefficient (Wildman–Crippen LogP) is 4.38. The van der Waals surface area contributed by atoms with Crippen LogP contribution in [0.5, 0.6) is 0 Å². The molecular weight excluding hydrogens is 244 g/mol. The molecule has 0 aromatic heterocycles. The van der Waals surface area contributed by atoms with E-state index in [1.54, 1.807) is 0 Å². The lowest BCUT2D eigenvalue weighted by Gasteiger charge is -2.16. The van der Waals surface area contributed by atoms with Gasteiger partial charge in [-0.3, -0.25) is 4.79 Å². The van der Waals surface area contributed by atoms with Gasteiger partial charge in [-0.2, -0.15) is 0 Å². The van der Waals surface area contributed by atoms with E-state index in [9.17, 15) is 4.79 Å². The fourth-order valence-corrected chi connectivity index (χ4v) is 2.95. The van der Waals surface area contributed by atoms with E-state index in [4.69, 9.17) is 0 Å². The van der Waals surface area contributed by atoms with Gasteiger partial charge in [0.15, 0.2) is 5.78 Å². The highest BCUT2D eigenvalue weighted by atomic mass is 16.1. The lowest BCUT2D eigenvalue weighted by atomic mass is 9.89. The van der Waals surface area contributed by atoms with Gasteiger partial charge in [-0.25, -0.2) is 0 Å². The first-order valence-electron chi connectivity index (χ1n) is 7.52. The molecule has 0 N–H and O–H groups in total. The highest BCUT2D eigenvalue weighted by Gasteiger charge is 2.12. The van der Waals surface area contributed by atoms with Gasteiger partial charge in [0, 0.05) is 12.0 Å². The normalized spacial score (nSPS) is 13.8. The lowest BCUT2D eigenvalue weighted by Crippen LogP contribution is -2.07. The third-order valence-electron chi connectivity index (χ3n) is 4.15. The van der Waals surface area contributed by atoms with Crippen LogP contribution in [0, 0.1) is 0 Å². The quantitative estimate of drug-likeness (QED) is 0.749. The van der Waals surface area contributed by atoms with E-state index in [0.29, 0.717) is 6.42 Å². The third kappa shape index (κ3) is 2.98. The van der Waals surface area contributed by atoms with Crippen molar-refractivity contribution in [1.29, 1.82) is 0 Å². The Hall–Kier alpha value is -1.89. The van der Waals surface area contributed by atoms with Gasteiger partial charge in [0.1, 0.15) is 0 Å². The zero-order valence-electron chi connectivity index (χ0n) is 11.8. The molecular formula is C19H20O. The summed E-state index contributed by atoms with van der Waals surface area (Å²) >= 11 is 0. The molecule has 20 heavy (non-hydrogen) atoms. The second kappa shape index (κ2) is 6.04. The van der Waals surface area contributed by atoms with Gasteiger partial charge in [0.2, 0.25) is 0 Å². The van der Waals surface area contributed by atoms with Crippen LogP contribution in [0.2, 0.25) is 0 Å². The molecule has 3 rings (SSSR count). The van der Waals surface area contributed by atoms with Crippen molar-refractivity contribution in [1.82, 2.24) is 0 Å². The average Bonchev–Trinajstić information content (AvgIpc) is 2.53. The van der Waals surface area contributed by atoms with Crippen LogP contribution in [0.25, 0.3) is 0 Å². The van der Waals surface area contributed by atoms with Crippen molar-refractivity contribution in [2.24, 2.45) is 0 Å². The summed E-state index contributed by atoms with van der Waals surface area (Å²) in [6.07, 6.45) is 6.28. The Morgan fingerprint density at radius 1 is 0.900 bits per heavy atom. The number of carbonyl (C=O) groups is 1. The van der Waals surface area contributed by atoms with Crippen molar-refractivity contribution in [2.75, 3.05) is 0 Å². The molecule has 1 aliphatic rings. The Labute approximate surface area is 120 Å². The number of carbonyl (C=O) groups excluding carboxylic acids is 1.